The summed E-state index contributed by atoms with van der Waals surface area (Å²) in [6, 6.07) is 61.9. The first-order valence-corrected chi connectivity index (χ1v) is 18.6. The third-order valence-corrected chi connectivity index (χ3v) is 10.0. The van der Waals surface area contributed by atoms with Crippen LogP contribution in [0.15, 0.2) is 182 Å². The second kappa shape index (κ2) is 20.1. The zero-order valence-electron chi connectivity index (χ0n) is 32.3. The number of carbonyl (C=O) groups excluding carboxylic acids is 1. The van der Waals surface area contributed by atoms with E-state index in [2.05, 4.69) is 127 Å². The molecule has 6 heteroatoms. The Bertz CT molecular complexity index is 2550. The Morgan fingerprint density at radius 1 is 0.421 bits per heavy atom. The van der Waals surface area contributed by atoms with Gasteiger partial charge < -0.3 is 15.3 Å². The minimum absolute atomic E-state index is 0. The van der Waals surface area contributed by atoms with Crippen molar-refractivity contribution >= 4 is 33.5 Å². The number of ether oxygens (including phenoxy) is 1. The molecule has 0 atom stereocenters. The van der Waals surface area contributed by atoms with E-state index in [4.69, 9.17) is 9.84 Å². The molecule has 0 unspecified atom stereocenters. The van der Waals surface area contributed by atoms with Crippen molar-refractivity contribution in [1.82, 2.24) is 0 Å². The average Bonchev–Trinajstić information content (AvgIpc) is 3.25. The molecule has 0 saturated carbocycles. The second-order valence-electron chi connectivity index (χ2n) is 13.7. The van der Waals surface area contributed by atoms with Crippen LogP contribution in [0.2, 0.25) is 0 Å². The van der Waals surface area contributed by atoms with Crippen LogP contribution in [0.4, 0.5) is 0 Å². The number of methoxy groups -OCH3 is 1. The van der Waals surface area contributed by atoms with Crippen LogP contribution in [0, 0.1) is 0 Å². The van der Waals surface area contributed by atoms with Crippen LogP contribution in [-0.4, -0.2) is 29.6 Å². The Kier molecular flexibility index (Phi) is 14.8. The molecule has 8 rings (SSSR count). The van der Waals surface area contributed by atoms with Crippen LogP contribution < -0.4 is 18.9 Å². The van der Waals surface area contributed by atoms with E-state index in [1.165, 1.54) is 50.9 Å². The van der Waals surface area contributed by atoms with Gasteiger partial charge in [-0.3, -0.25) is 0 Å². The molecule has 278 valence electrons. The van der Waals surface area contributed by atoms with Crippen molar-refractivity contribution in [3.63, 3.8) is 0 Å². The van der Waals surface area contributed by atoms with Crippen LogP contribution in [0.25, 0.3) is 43.8 Å². The Morgan fingerprint density at radius 3 is 1.18 bits per heavy atom. The molecule has 5 nitrogen and oxygen atoms in total. The van der Waals surface area contributed by atoms with Crippen LogP contribution in [-0.2, 0) is 30.4 Å². The van der Waals surface area contributed by atoms with Crippen molar-refractivity contribution in [1.29, 1.82) is 0 Å². The van der Waals surface area contributed by atoms with Gasteiger partial charge >= 0.3 is 30.8 Å². The van der Waals surface area contributed by atoms with E-state index in [-0.39, 0.29) is 30.3 Å². The molecular weight excluding hydrogens is 699 g/mol. The maximum Gasteiger partial charge on any atom is 1.00 e. The quantitative estimate of drug-likeness (QED) is 0.112. The summed E-state index contributed by atoms with van der Waals surface area (Å²) in [5.74, 6) is -1.21. The summed E-state index contributed by atoms with van der Waals surface area (Å²) in [6.45, 7) is 0. The normalized spacial score (nSPS) is 10.4. The summed E-state index contributed by atoms with van der Waals surface area (Å²) < 4.78 is 4.76. The molecule has 0 fully saturated rings. The summed E-state index contributed by atoms with van der Waals surface area (Å²) in [5, 5.41) is 13.9. The molecule has 0 aliphatic heterocycles. The number of carboxylic acids is 1. The van der Waals surface area contributed by atoms with Crippen molar-refractivity contribution in [3.05, 3.63) is 215 Å². The van der Waals surface area contributed by atoms with E-state index >= 15 is 0 Å². The van der Waals surface area contributed by atoms with Gasteiger partial charge in [0, 0.05) is 0 Å². The largest absolute Gasteiger partial charge is 1.00 e. The molecule has 8 aromatic rings. The first-order valence-electron chi connectivity index (χ1n) is 18.6. The van der Waals surface area contributed by atoms with E-state index in [1.807, 2.05) is 30.3 Å². The van der Waals surface area contributed by atoms with E-state index in [1.54, 1.807) is 24.3 Å². The molecule has 0 spiro atoms. The van der Waals surface area contributed by atoms with E-state index in [0.29, 0.717) is 11.1 Å². The molecule has 2 N–H and O–H groups in total. The fraction of sp³-hybridized carbons (Fsp3) is 0.0980. The summed E-state index contributed by atoms with van der Waals surface area (Å²) in [7, 11) is 1.40. The second-order valence-corrected chi connectivity index (χ2v) is 13.7. The Hall–Kier alpha value is -6.22. The number of esters is 1. The minimum Gasteiger partial charge on any atom is -0.870 e. The zero-order chi connectivity index (χ0) is 38.0. The van der Waals surface area contributed by atoms with Crippen molar-refractivity contribution in [2.75, 3.05) is 7.11 Å². The molecule has 0 saturated heterocycles. The van der Waals surface area contributed by atoms with Gasteiger partial charge in [-0.2, -0.15) is 0 Å². The molecule has 0 aliphatic carbocycles. The van der Waals surface area contributed by atoms with Crippen molar-refractivity contribution in [2.45, 2.75) is 25.7 Å². The number of hydrogen-bond acceptors (Lipinski definition) is 4. The van der Waals surface area contributed by atoms with Crippen molar-refractivity contribution < 1.29 is 43.8 Å². The third-order valence-electron chi connectivity index (χ3n) is 10.0. The SMILES string of the molecule is COC(=O)c1ccc(-c2ccc3cc(CCc4ccccc4)ccc3c2)cc1.O=C(O)c1ccc(-c2ccc3cc(CCc4ccccc4)ccc3c2)cc1.[Li+].[OH-]. The molecule has 0 radical (unpaired) electrons. The Labute approximate surface area is 346 Å². The number of carbonyl (C=O) groups is 2. The minimum atomic E-state index is -0.900. The number of carboxylic acid groups (broad SMARTS) is 1. The predicted molar refractivity (Wildman–Crippen MR) is 227 cm³/mol. The van der Waals surface area contributed by atoms with Gasteiger partial charge in [-0.15, -0.1) is 0 Å². The topological polar surface area (TPSA) is 93.6 Å². The van der Waals surface area contributed by atoms with Gasteiger partial charge in [0.25, 0.3) is 0 Å². The predicted octanol–water partition coefficient (Wildman–Crippen LogP) is 8.90. The van der Waals surface area contributed by atoms with Crippen LogP contribution in [0.3, 0.4) is 0 Å². The first-order chi connectivity index (χ1) is 26.9. The molecule has 0 aromatic heterocycles. The maximum absolute atomic E-state index is 11.6. The number of benzene rings is 8. The number of hydrogen-bond donors (Lipinski definition) is 1. The third kappa shape index (κ3) is 11.0. The smallest absolute Gasteiger partial charge is 0.870 e. The fourth-order valence-corrected chi connectivity index (χ4v) is 6.85. The summed E-state index contributed by atoms with van der Waals surface area (Å²) in [6.07, 6.45) is 4.16. The summed E-state index contributed by atoms with van der Waals surface area (Å²) >= 11 is 0. The molecule has 0 amide bonds. The number of aryl methyl sites for hydroxylation is 4. The molecule has 0 bridgehead atoms. The van der Waals surface area contributed by atoms with Crippen molar-refractivity contribution in [2.24, 2.45) is 0 Å². The van der Waals surface area contributed by atoms with Gasteiger partial charge in [0.05, 0.1) is 18.2 Å². The number of rotatable bonds is 10. The van der Waals surface area contributed by atoms with Crippen LogP contribution >= 0.6 is 0 Å². The molecule has 57 heavy (non-hydrogen) atoms. The zero-order valence-corrected chi connectivity index (χ0v) is 32.3. The summed E-state index contributed by atoms with van der Waals surface area (Å²) in [4.78, 5) is 22.6. The van der Waals surface area contributed by atoms with E-state index in [0.717, 1.165) is 47.9 Å². The van der Waals surface area contributed by atoms with Gasteiger partial charge in [-0.25, -0.2) is 9.59 Å². The van der Waals surface area contributed by atoms with E-state index in [9.17, 15) is 9.59 Å². The molecular formula is C51H43LiO5. The van der Waals surface area contributed by atoms with Gasteiger partial charge in [0.15, 0.2) is 0 Å². The molecule has 8 aromatic carbocycles. The average molecular weight is 743 g/mol. The van der Waals surface area contributed by atoms with Gasteiger partial charge in [-0.05, 0) is 128 Å². The number of aromatic carboxylic acids is 1. The van der Waals surface area contributed by atoms with Crippen LogP contribution in [0.1, 0.15) is 43.0 Å². The van der Waals surface area contributed by atoms with Gasteiger partial charge in [-0.1, -0.05) is 146 Å². The maximum atomic E-state index is 11.6. The molecule has 0 heterocycles. The fourth-order valence-electron chi connectivity index (χ4n) is 6.85. The standard InChI is InChI=1S/C26H22O2.C25H20O2.Li.H2O/c1-28-26(27)22-13-11-21(12-14-22)24-16-15-23-17-20(9-10-25(23)18-24)8-7-19-5-3-2-4-6-19;26-25(27)21-12-10-20(11-13-21)23-15-14-22-16-19(8-9-24(22)17-23)7-6-18-4-2-1-3-5-18;;/h2-6,9-18H,7-8H2,1H3;1-5,8-17H,6-7H2,(H,26,27);;1H2/q;;+1;/p-1. The van der Waals surface area contributed by atoms with E-state index < -0.39 is 5.97 Å². The Balaban J connectivity index is 0.000000210. The van der Waals surface area contributed by atoms with Crippen molar-refractivity contribution in [3.8, 4) is 22.3 Å². The summed E-state index contributed by atoms with van der Waals surface area (Å²) in [5.41, 5.74) is 10.6. The first kappa shape index (κ1) is 41.9. The number of fused-ring (bicyclic) bond motifs is 2. The van der Waals surface area contributed by atoms with Gasteiger partial charge in [0.1, 0.15) is 0 Å². The molecule has 0 aliphatic rings. The van der Waals surface area contributed by atoms with Crippen LogP contribution in [0.5, 0.6) is 0 Å². The van der Waals surface area contributed by atoms with Gasteiger partial charge in [0.2, 0.25) is 0 Å². The monoisotopic (exact) mass is 742 g/mol. The Morgan fingerprint density at radius 2 is 0.772 bits per heavy atom.